The van der Waals surface area contributed by atoms with Gasteiger partial charge in [-0.3, -0.25) is 5.10 Å². The summed E-state index contributed by atoms with van der Waals surface area (Å²) in [4.78, 5) is 6.83. The summed E-state index contributed by atoms with van der Waals surface area (Å²) in [7, 11) is 0. The third kappa shape index (κ3) is 2.94. The molecule has 5 nitrogen and oxygen atoms in total. The molecule has 2 aromatic heterocycles. The second-order valence-electron chi connectivity index (χ2n) is 4.92. The standard InChI is InChI=1S/C12H16N4OS2/c17-9-3-1-5-15(7-9)8-16-12(18)13-11(14-16)10-4-2-6-19-10/h2,4,6,9,17H,1,3,5,7-8H2,(H,13,14,18)/p+1/t9-/m1/s1. The lowest BCUT2D eigenvalue weighted by atomic mass is 10.1. The van der Waals surface area contributed by atoms with Crippen LogP contribution in [0.4, 0.5) is 0 Å². The molecule has 1 aliphatic heterocycles. The van der Waals surface area contributed by atoms with E-state index >= 15 is 0 Å². The average Bonchev–Trinajstić information content (AvgIpc) is 3.00. The molecule has 2 aromatic rings. The molecule has 102 valence electrons. The zero-order chi connectivity index (χ0) is 13.2. The highest BCUT2D eigenvalue weighted by Gasteiger charge is 2.21. The summed E-state index contributed by atoms with van der Waals surface area (Å²) in [5, 5.41) is 15.0. The van der Waals surface area contributed by atoms with E-state index in [-0.39, 0.29) is 6.10 Å². The van der Waals surface area contributed by atoms with Crippen LogP contribution in [0.2, 0.25) is 0 Å². The van der Waals surface area contributed by atoms with Gasteiger partial charge in [-0.2, -0.15) is 4.98 Å². The van der Waals surface area contributed by atoms with Gasteiger partial charge in [-0.1, -0.05) is 6.07 Å². The van der Waals surface area contributed by atoms with Crippen molar-refractivity contribution in [2.75, 3.05) is 13.1 Å². The van der Waals surface area contributed by atoms with Gasteiger partial charge < -0.3 is 10.0 Å². The summed E-state index contributed by atoms with van der Waals surface area (Å²) in [6, 6.07) is 4.03. The van der Waals surface area contributed by atoms with Crippen molar-refractivity contribution in [3.63, 3.8) is 0 Å². The Morgan fingerprint density at radius 3 is 3.26 bits per heavy atom. The van der Waals surface area contributed by atoms with Crippen molar-refractivity contribution in [2.45, 2.75) is 25.6 Å². The van der Waals surface area contributed by atoms with Gasteiger partial charge in [-0.25, -0.2) is 4.68 Å². The highest BCUT2D eigenvalue weighted by molar-refractivity contribution is 7.71. The maximum absolute atomic E-state index is 9.70. The van der Waals surface area contributed by atoms with Crippen molar-refractivity contribution in [3.05, 3.63) is 22.3 Å². The zero-order valence-corrected chi connectivity index (χ0v) is 12.1. The number of quaternary nitrogens is 1. The monoisotopic (exact) mass is 297 g/mol. The summed E-state index contributed by atoms with van der Waals surface area (Å²) < 4.78 is 2.48. The van der Waals surface area contributed by atoms with Gasteiger partial charge in [-0.05, 0) is 36.5 Å². The van der Waals surface area contributed by atoms with Crippen LogP contribution in [0.15, 0.2) is 17.5 Å². The molecule has 0 amide bonds. The van der Waals surface area contributed by atoms with Crippen molar-refractivity contribution < 1.29 is 10.0 Å². The Bertz CT molecular complexity index is 589. The molecule has 0 bridgehead atoms. The van der Waals surface area contributed by atoms with E-state index in [2.05, 4.69) is 10.1 Å². The molecule has 0 aromatic carbocycles. The minimum absolute atomic E-state index is 0.183. The SMILES string of the molecule is O[C@@H]1CCC[NH+](Cn2[nH]c(-c3cccs3)nc2=S)C1. The van der Waals surface area contributed by atoms with Gasteiger partial charge in [-0.15, -0.1) is 11.3 Å². The molecule has 3 N–H and O–H groups in total. The van der Waals surface area contributed by atoms with E-state index in [0.29, 0.717) is 4.77 Å². The van der Waals surface area contributed by atoms with Gasteiger partial charge in [0.25, 0.3) is 0 Å². The Labute approximate surface area is 120 Å². The first-order chi connectivity index (χ1) is 9.22. The molecule has 3 rings (SSSR count). The number of aliphatic hydroxyl groups is 1. The highest BCUT2D eigenvalue weighted by atomic mass is 32.1. The third-order valence-electron chi connectivity index (χ3n) is 3.41. The molecular weight excluding hydrogens is 280 g/mol. The number of nitrogens with zero attached hydrogens (tertiary/aromatic N) is 2. The van der Waals surface area contributed by atoms with Crippen LogP contribution in [0, 0.1) is 4.77 Å². The van der Waals surface area contributed by atoms with E-state index in [9.17, 15) is 5.11 Å². The normalized spacial score (nSPS) is 23.6. The van der Waals surface area contributed by atoms with Crippen LogP contribution < -0.4 is 4.90 Å². The molecule has 7 heteroatoms. The second-order valence-corrected chi connectivity index (χ2v) is 6.23. The number of piperidine rings is 1. The lowest BCUT2D eigenvalue weighted by molar-refractivity contribution is -0.931. The summed E-state index contributed by atoms with van der Waals surface area (Å²) in [5.74, 6) is 0.831. The van der Waals surface area contributed by atoms with E-state index < -0.39 is 0 Å². The van der Waals surface area contributed by atoms with Crippen molar-refractivity contribution in [1.29, 1.82) is 0 Å². The summed E-state index contributed by atoms with van der Waals surface area (Å²) in [5.41, 5.74) is 0. The van der Waals surface area contributed by atoms with Crippen LogP contribution in [0.5, 0.6) is 0 Å². The summed E-state index contributed by atoms with van der Waals surface area (Å²) in [6.07, 6.45) is 1.80. The van der Waals surface area contributed by atoms with E-state index in [0.717, 1.165) is 43.3 Å². The molecular formula is C12H17N4OS2+. The molecule has 1 unspecified atom stereocenters. The Balaban J connectivity index is 1.76. The van der Waals surface area contributed by atoms with Crippen molar-refractivity contribution in [1.82, 2.24) is 14.8 Å². The lowest BCUT2D eigenvalue weighted by Crippen LogP contribution is -3.13. The number of hydrogen-bond acceptors (Lipinski definition) is 4. The van der Waals surface area contributed by atoms with Gasteiger partial charge in [0.2, 0.25) is 4.77 Å². The quantitative estimate of drug-likeness (QED) is 0.730. The first kappa shape index (κ1) is 13.0. The van der Waals surface area contributed by atoms with E-state index in [1.165, 1.54) is 4.90 Å². The number of aromatic amines is 1. The van der Waals surface area contributed by atoms with Crippen LogP contribution in [-0.2, 0) is 6.67 Å². The number of H-pyrrole nitrogens is 1. The Morgan fingerprint density at radius 2 is 2.53 bits per heavy atom. The molecule has 0 spiro atoms. The van der Waals surface area contributed by atoms with E-state index in [1.54, 1.807) is 11.3 Å². The lowest BCUT2D eigenvalue weighted by Gasteiger charge is -2.26. The Kier molecular flexibility index (Phi) is 3.79. The van der Waals surface area contributed by atoms with Crippen LogP contribution in [0.25, 0.3) is 10.7 Å². The summed E-state index contributed by atoms with van der Waals surface area (Å²) in [6.45, 7) is 2.61. The Hall–Kier alpha value is -1.02. The number of nitrogens with one attached hydrogen (secondary N) is 2. The van der Waals surface area contributed by atoms with Crippen LogP contribution in [-0.4, -0.2) is 39.1 Å². The molecule has 0 aliphatic carbocycles. The minimum atomic E-state index is -0.183. The number of likely N-dealkylation sites (tertiary alicyclic amines) is 1. The fraction of sp³-hybridized carbons (Fsp3) is 0.500. The van der Waals surface area contributed by atoms with Gasteiger partial charge in [0.15, 0.2) is 12.5 Å². The van der Waals surface area contributed by atoms with Crippen molar-refractivity contribution in [3.8, 4) is 10.7 Å². The predicted octanol–water partition coefficient (Wildman–Crippen LogP) is 0.666. The van der Waals surface area contributed by atoms with Crippen LogP contribution in [0.3, 0.4) is 0 Å². The van der Waals surface area contributed by atoms with Gasteiger partial charge in [0.1, 0.15) is 12.6 Å². The first-order valence-corrected chi connectivity index (χ1v) is 7.73. The van der Waals surface area contributed by atoms with Gasteiger partial charge in [0, 0.05) is 0 Å². The molecule has 1 saturated heterocycles. The average molecular weight is 297 g/mol. The maximum atomic E-state index is 9.70. The topological polar surface area (TPSA) is 58.3 Å². The second kappa shape index (κ2) is 5.54. The zero-order valence-electron chi connectivity index (χ0n) is 10.5. The van der Waals surface area contributed by atoms with Crippen LogP contribution in [0.1, 0.15) is 12.8 Å². The maximum Gasteiger partial charge on any atom is 0.221 e. The Morgan fingerprint density at radius 1 is 1.63 bits per heavy atom. The van der Waals surface area contributed by atoms with Crippen molar-refractivity contribution >= 4 is 23.6 Å². The highest BCUT2D eigenvalue weighted by Crippen LogP contribution is 2.20. The number of hydrogen-bond donors (Lipinski definition) is 3. The number of aliphatic hydroxyl groups excluding tert-OH is 1. The van der Waals surface area contributed by atoms with Gasteiger partial charge in [0.05, 0.1) is 11.4 Å². The molecule has 19 heavy (non-hydrogen) atoms. The molecule has 1 aliphatic rings. The fourth-order valence-electron chi connectivity index (χ4n) is 2.48. The third-order valence-corrected chi connectivity index (χ3v) is 4.60. The van der Waals surface area contributed by atoms with Crippen molar-refractivity contribution in [2.24, 2.45) is 0 Å². The predicted molar refractivity (Wildman–Crippen MR) is 76.7 cm³/mol. The number of aromatic nitrogens is 3. The first-order valence-electron chi connectivity index (χ1n) is 6.45. The molecule has 2 atom stereocenters. The largest absolute Gasteiger partial charge is 0.387 e. The number of rotatable bonds is 3. The molecule has 0 saturated carbocycles. The smallest absolute Gasteiger partial charge is 0.221 e. The molecule has 1 fully saturated rings. The van der Waals surface area contributed by atoms with E-state index in [4.69, 9.17) is 12.2 Å². The summed E-state index contributed by atoms with van der Waals surface area (Å²) >= 11 is 6.94. The van der Waals surface area contributed by atoms with Crippen LogP contribution >= 0.6 is 23.6 Å². The van der Waals surface area contributed by atoms with Gasteiger partial charge >= 0.3 is 0 Å². The molecule has 0 radical (unpaired) electrons. The van der Waals surface area contributed by atoms with E-state index in [1.807, 2.05) is 22.2 Å². The number of thiophene rings is 1. The fourth-order valence-corrected chi connectivity index (χ4v) is 3.34. The minimum Gasteiger partial charge on any atom is -0.387 e. The molecule has 3 heterocycles.